The number of rotatable bonds is 6. The van der Waals surface area contributed by atoms with Gasteiger partial charge in [0.1, 0.15) is 0 Å². The second-order valence-electron chi connectivity index (χ2n) is 7.69. The SMILES string of the molecule is CCCC1C(C2CCCC(C)CC2)CC1C(CC)NC. The standard InChI is InChI=1S/C19H37N/c1-5-8-16-17(13-18(16)19(6-2)20-4)15-10-7-9-14(3)11-12-15/h14-20H,5-13H2,1-4H3. The molecule has 0 aromatic carbocycles. The molecule has 0 aromatic heterocycles. The largest absolute Gasteiger partial charge is 0.317 e. The van der Waals surface area contributed by atoms with Gasteiger partial charge in [0.25, 0.3) is 0 Å². The average Bonchev–Trinajstić information content (AvgIpc) is 2.65. The van der Waals surface area contributed by atoms with Crippen molar-refractivity contribution in [3.63, 3.8) is 0 Å². The van der Waals surface area contributed by atoms with Crippen LogP contribution in [0.2, 0.25) is 0 Å². The monoisotopic (exact) mass is 279 g/mol. The molecule has 0 aliphatic heterocycles. The Hall–Kier alpha value is -0.0400. The molecule has 6 atom stereocenters. The van der Waals surface area contributed by atoms with Gasteiger partial charge in [-0.1, -0.05) is 59.3 Å². The molecule has 2 fully saturated rings. The third-order valence-electron chi connectivity index (χ3n) is 6.50. The minimum Gasteiger partial charge on any atom is -0.317 e. The van der Waals surface area contributed by atoms with Crippen molar-refractivity contribution < 1.29 is 0 Å². The lowest BCUT2D eigenvalue weighted by Crippen LogP contribution is -2.50. The Morgan fingerprint density at radius 3 is 2.55 bits per heavy atom. The van der Waals surface area contributed by atoms with Crippen LogP contribution in [-0.4, -0.2) is 13.1 Å². The molecule has 0 saturated heterocycles. The molecular weight excluding hydrogens is 242 g/mol. The first-order valence-electron chi connectivity index (χ1n) is 9.38. The number of hydrogen-bond donors (Lipinski definition) is 1. The summed E-state index contributed by atoms with van der Waals surface area (Å²) in [5.74, 6) is 5.10. The fourth-order valence-electron chi connectivity index (χ4n) is 5.22. The molecule has 2 aliphatic carbocycles. The third-order valence-corrected chi connectivity index (χ3v) is 6.50. The maximum Gasteiger partial charge on any atom is 0.00925 e. The third kappa shape index (κ3) is 3.59. The number of nitrogens with one attached hydrogen (secondary N) is 1. The molecule has 2 saturated carbocycles. The van der Waals surface area contributed by atoms with E-state index in [1.807, 2.05) is 0 Å². The van der Waals surface area contributed by atoms with E-state index in [0.29, 0.717) is 0 Å². The van der Waals surface area contributed by atoms with Crippen LogP contribution in [0.15, 0.2) is 0 Å². The Kier molecular flexibility index (Phi) is 6.39. The second-order valence-corrected chi connectivity index (χ2v) is 7.69. The van der Waals surface area contributed by atoms with Gasteiger partial charge in [-0.05, 0) is 55.9 Å². The van der Waals surface area contributed by atoms with E-state index in [1.165, 1.54) is 57.8 Å². The topological polar surface area (TPSA) is 12.0 Å². The molecule has 20 heavy (non-hydrogen) atoms. The zero-order valence-corrected chi connectivity index (χ0v) is 14.3. The highest BCUT2D eigenvalue weighted by atomic mass is 14.9. The summed E-state index contributed by atoms with van der Waals surface area (Å²) in [7, 11) is 2.16. The van der Waals surface area contributed by atoms with Gasteiger partial charge in [0.15, 0.2) is 0 Å². The van der Waals surface area contributed by atoms with Crippen LogP contribution in [0, 0.1) is 29.6 Å². The highest BCUT2D eigenvalue weighted by Crippen LogP contribution is 2.52. The maximum absolute atomic E-state index is 3.58. The van der Waals surface area contributed by atoms with E-state index in [1.54, 1.807) is 0 Å². The van der Waals surface area contributed by atoms with E-state index in [0.717, 1.165) is 35.6 Å². The summed E-state index contributed by atoms with van der Waals surface area (Å²) in [4.78, 5) is 0. The molecule has 0 amide bonds. The molecule has 0 heterocycles. The Balaban J connectivity index is 1.94. The zero-order chi connectivity index (χ0) is 14.5. The molecule has 6 unspecified atom stereocenters. The van der Waals surface area contributed by atoms with Crippen LogP contribution in [0.25, 0.3) is 0 Å². The molecule has 1 heteroatoms. The van der Waals surface area contributed by atoms with E-state index in [9.17, 15) is 0 Å². The molecule has 0 bridgehead atoms. The lowest BCUT2D eigenvalue weighted by atomic mass is 9.55. The van der Waals surface area contributed by atoms with Crippen LogP contribution >= 0.6 is 0 Å². The molecule has 2 aliphatic rings. The Morgan fingerprint density at radius 2 is 1.90 bits per heavy atom. The summed E-state index contributed by atoms with van der Waals surface area (Å²) >= 11 is 0. The van der Waals surface area contributed by atoms with Gasteiger partial charge >= 0.3 is 0 Å². The van der Waals surface area contributed by atoms with E-state index < -0.39 is 0 Å². The molecule has 0 aromatic rings. The van der Waals surface area contributed by atoms with Gasteiger partial charge in [-0.2, -0.15) is 0 Å². The van der Waals surface area contributed by atoms with Crippen molar-refractivity contribution in [2.24, 2.45) is 29.6 Å². The first kappa shape index (κ1) is 16.3. The average molecular weight is 280 g/mol. The summed E-state index contributed by atoms with van der Waals surface area (Å²) in [6.45, 7) is 7.19. The molecule has 118 valence electrons. The van der Waals surface area contributed by atoms with Crippen LogP contribution in [-0.2, 0) is 0 Å². The van der Waals surface area contributed by atoms with Crippen molar-refractivity contribution in [1.29, 1.82) is 0 Å². The smallest absolute Gasteiger partial charge is 0.00925 e. The van der Waals surface area contributed by atoms with Crippen molar-refractivity contribution in [1.82, 2.24) is 5.32 Å². The first-order chi connectivity index (χ1) is 9.71. The Bertz CT molecular complexity index is 271. The van der Waals surface area contributed by atoms with Gasteiger partial charge in [-0.15, -0.1) is 0 Å². The van der Waals surface area contributed by atoms with Crippen LogP contribution in [0.1, 0.15) is 78.6 Å². The number of hydrogen-bond acceptors (Lipinski definition) is 1. The van der Waals surface area contributed by atoms with Gasteiger partial charge < -0.3 is 5.32 Å². The molecule has 0 radical (unpaired) electrons. The van der Waals surface area contributed by atoms with Crippen LogP contribution < -0.4 is 5.32 Å². The van der Waals surface area contributed by atoms with E-state index >= 15 is 0 Å². The molecule has 1 N–H and O–H groups in total. The minimum absolute atomic E-state index is 0.771. The van der Waals surface area contributed by atoms with Crippen molar-refractivity contribution in [3.8, 4) is 0 Å². The highest BCUT2D eigenvalue weighted by Gasteiger charge is 2.46. The van der Waals surface area contributed by atoms with E-state index in [-0.39, 0.29) is 0 Å². The van der Waals surface area contributed by atoms with Crippen molar-refractivity contribution in [2.45, 2.75) is 84.6 Å². The van der Waals surface area contributed by atoms with E-state index in [4.69, 9.17) is 0 Å². The quantitative estimate of drug-likeness (QED) is 0.654. The normalized spacial score (nSPS) is 39.9. The lowest BCUT2D eigenvalue weighted by molar-refractivity contribution is -0.0119. The van der Waals surface area contributed by atoms with Gasteiger partial charge in [0.2, 0.25) is 0 Å². The summed E-state index contributed by atoms with van der Waals surface area (Å²) in [6.07, 6.45) is 13.2. The lowest BCUT2D eigenvalue weighted by Gasteiger charge is -2.52. The molecule has 0 spiro atoms. The predicted octanol–water partition coefficient (Wildman–Crippen LogP) is 5.25. The summed E-state index contributed by atoms with van der Waals surface area (Å²) < 4.78 is 0. The van der Waals surface area contributed by atoms with Gasteiger partial charge in [0, 0.05) is 6.04 Å². The molecule has 1 nitrogen and oxygen atoms in total. The Labute approximate surface area is 127 Å². The van der Waals surface area contributed by atoms with Crippen molar-refractivity contribution in [3.05, 3.63) is 0 Å². The zero-order valence-electron chi connectivity index (χ0n) is 14.3. The summed E-state index contributed by atoms with van der Waals surface area (Å²) in [6, 6.07) is 0.771. The summed E-state index contributed by atoms with van der Waals surface area (Å²) in [5, 5.41) is 3.58. The predicted molar refractivity (Wildman–Crippen MR) is 88.9 cm³/mol. The van der Waals surface area contributed by atoms with Gasteiger partial charge in [-0.3, -0.25) is 0 Å². The van der Waals surface area contributed by atoms with Gasteiger partial charge in [0.05, 0.1) is 0 Å². The Morgan fingerprint density at radius 1 is 1.10 bits per heavy atom. The molecule has 2 rings (SSSR count). The molecular formula is C19H37N. The van der Waals surface area contributed by atoms with Gasteiger partial charge in [-0.25, -0.2) is 0 Å². The van der Waals surface area contributed by atoms with Crippen LogP contribution in [0.4, 0.5) is 0 Å². The fourth-order valence-corrected chi connectivity index (χ4v) is 5.22. The van der Waals surface area contributed by atoms with Crippen LogP contribution in [0.3, 0.4) is 0 Å². The van der Waals surface area contributed by atoms with E-state index in [2.05, 4.69) is 33.1 Å². The second kappa shape index (κ2) is 7.82. The summed E-state index contributed by atoms with van der Waals surface area (Å²) in [5.41, 5.74) is 0. The minimum atomic E-state index is 0.771. The van der Waals surface area contributed by atoms with Crippen molar-refractivity contribution >= 4 is 0 Å². The first-order valence-corrected chi connectivity index (χ1v) is 9.38. The highest BCUT2D eigenvalue weighted by molar-refractivity contribution is 4.97. The van der Waals surface area contributed by atoms with Crippen LogP contribution in [0.5, 0.6) is 0 Å². The maximum atomic E-state index is 3.58. The fraction of sp³-hybridized carbons (Fsp3) is 1.00. The van der Waals surface area contributed by atoms with Crippen molar-refractivity contribution in [2.75, 3.05) is 7.05 Å².